The lowest BCUT2D eigenvalue weighted by molar-refractivity contribution is -0.521. The molecule has 1 unspecified atom stereocenters. The molecule has 0 saturated heterocycles. The Kier molecular flexibility index (Phi) is 11.5. The number of halogens is 2. The van der Waals surface area contributed by atoms with Crippen molar-refractivity contribution >= 4 is 24.8 Å². The van der Waals surface area contributed by atoms with E-state index >= 15 is 0 Å². The normalized spacial score (nSPS) is 11.2. The van der Waals surface area contributed by atoms with E-state index in [2.05, 4.69) is 0 Å². The van der Waals surface area contributed by atoms with Gasteiger partial charge in [0.15, 0.2) is 0 Å². The van der Waals surface area contributed by atoms with Gasteiger partial charge in [0.25, 0.3) is 0 Å². The summed E-state index contributed by atoms with van der Waals surface area (Å²) in [6.07, 6.45) is -0.856. The van der Waals surface area contributed by atoms with Crippen molar-refractivity contribution in [1.29, 1.82) is 0 Å². The Bertz CT molecular complexity index is 99.7. The quantitative estimate of drug-likeness (QED) is 0.358. The minimum Gasteiger partial charge on any atom is -0.310 e. The van der Waals surface area contributed by atoms with Crippen LogP contribution in [0.15, 0.2) is 0 Å². The Morgan fingerprint density at radius 2 is 1.70 bits per heavy atom. The highest BCUT2D eigenvalue weighted by atomic mass is 35.5. The van der Waals surface area contributed by atoms with Crippen molar-refractivity contribution in [1.82, 2.24) is 0 Å². The molecular formula is C3H11Cl2N3O2. The van der Waals surface area contributed by atoms with Crippen LogP contribution in [0.2, 0.25) is 0 Å². The minimum atomic E-state index is -0.856. The molecule has 5 nitrogen and oxygen atoms in total. The summed E-state index contributed by atoms with van der Waals surface area (Å²) in [7, 11) is 0. The standard InChI is InChI=1S/C3H9N3O2.2ClH/c1-2(3(4)5)6(7)8;;/h2-3H,4-5H2,1H3;2*1H. The van der Waals surface area contributed by atoms with Crippen LogP contribution in [-0.2, 0) is 0 Å². The largest absolute Gasteiger partial charge is 0.310 e. The summed E-state index contributed by atoms with van der Waals surface area (Å²) in [5, 5.41) is 9.79. The van der Waals surface area contributed by atoms with Crippen molar-refractivity contribution < 1.29 is 4.92 Å². The maximum Gasteiger partial charge on any atom is 0.237 e. The number of nitrogens with two attached hydrogens (primary N) is 2. The lowest BCUT2D eigenvalue weighted by atomic mass is 10.3. The van der Waals surface area contributed by atoms with Gasteiger partial charge in [-0.25, -0.2) is 0 Å². The third kappa shape index (κ3) is 6.03. The zero-order valence-electron chi connectivity index (χ0n) is 5.39. The lowest BCUT2D eigenvalue weighted by Crippen LogP contribution is -2.45. The van der Waals surface area contributed by atoms with Gasteiger partial charge in [-0.05, 0) is 0 Å². The van der Waals surface area contributed by atoms with E-state index in [4.69, 9.17) is 11.5 Å². The van der Waals surface area contributed by atoms with Gasteiger partial charge in [0, 0.05) is 11.8 Å². The topological polar surface area (TPSA) is 95.2 Å². The van der Waals surface area contributed by atoms with E-state index in [-0.39, 0.29) is 24.8 Å². The van der Waals surface area contributed by atoms with Crippen LogP contribution >= 0.6 is 24.8 Å². The average molecular weight is 192 g/mol. The minimum absolute atomic E-state index is 0. The highest BCUT2D eigenvalue weighted by molar-refractivity contribution is 5.85. The summed E-state index contributed by atoms with van der Waals surface area (Å²) in [5.74, 6) is 0. The summed E-state index contributed by atoms with van der Waals surface area (Å²) < 4.78 is 0. The monoisotopic (exact) mass is 191 g/mol. The van der Waals surface area contributed by atoms with Crippen molar-refractivity contribution in [2.45, 2.75) is 19.1 Å². The van der Waals surface area contributed by atoms with Crippen LogP contribution in [0.25, 0.3) is 0 Å². The third-order valence-electron chi connectivity index (χ3n) is 0.890. The first kappa shape index (κ1) is 16.5. The molecule has 1 atom stereocenters. The van der Waals surface area contributed by atoms with Gasteiger partial charge in [-0.2, -0.15) is 0 Å². The SMILES string of the molecule is CC(C(N)N)[N+](=O)[O-].Cl.Cl. The first-order chi connectivity index (χ1) is 3.55. The number of hydrogen-bond donors (Lipinski definition) is 2. The second-order valence-corrected chi connectivity index (χ2v) is 1.60. The molecule has 10 heavy (non-hydrogen) atoms. The third-order valence-corrected chi connectivity index (χ3v) is 0.890. The smallest absolute Gasteiger partial charge is 0.237 e. The number of rotatable bonds is 2. The fourth-order valence-electron chi connectivity index (χ4n) is 0.141. The van der Waals surface area contributed by atoms with Crippen molar-refractivity contribution in [3.8, 4) is 0 Å². The van der Waals surface area contributed by atoms with E-state index in [1.807, 2.05) is 0 Å². The second kappa shape index (κ2) is 7.01. The molecule has 0 aromatic heterocycles. The fraction of sp³-hybridized carbons (Fsp3) is 1.00. The van der Waals surface area contributed by atoms with Gasteiger partial charge in [0.2, 0.25) is 6.04 Å². The molecule has 0 aliphatic carbocycles. The molecule has 0 radical (unpaired) electrons. The molecule has 0 aliphatic rings. The van der Waals surface area contributed by atoms with Crippen LogP contribution in [0.1, 0.15) is 6.92 Å². The molecule has 0 fully saturated rings. The van der Waals surface area contributed by atoms with Crippen LogP contribution in [-0.4, -0.2) is 17.1 Å². The van der Waals surface area contributed by atoms with Crippen LogP contribution in [0.5, 0.6) is 0 Å². The number of hydrogen-bond acceptors (Lipinski definition) is 4. The molecule has 64 valence electrons. The Morgan fingerprint density at radius 3 is 1.70 bits per heavy atom. The molecule has 0 aliphatic heterocycles. The summed E-state index contributed by atoms with van der Waals surface area (Å²) in [6, 6.07) is -0.852. The molecule has 0 aromatic rings. The fourth-order valence-corrected chi connectivity index (χ4v) is 0.141. The van der Waals surface area contributed by atoms with Crippen LogP contribution in [0, 0.1) is 10.1 Å². The average Bonchev–Trinajstić information content (AvgIpc) is 1.64. The molecule has 4 N–H and O–H groups in total. The second-order valence-electron chi connectivity index (χ2n) is 1.60. The van der Waals surface area contributed by atoms with E-state index in [1.165, 1.54) is 6.92 Å². The zero-order valence-corrected chi connectivity index (χ0v) is 7.02. The summed E-state index contributed by atoms with van der Waals surface area (Å²) in [4.78, 5) is 9.28. The molecule has 7 heteroatoms. The molecule has 0 saturated carbocycles. The Hall–Kier alpha value is -0.100. The maximum absolute atomic E-state index is 9.79. The highest BCUT2D eigenvalue weighted by Gasteiger charge is 2.17. The van der Waals surface area contributed by atoms with Gasteiger partial charge >= 0.3 is 0 Å². The van der Waals surface area contributed by atoms with Gasteiger partial charge < -0.3 is 11.5 Å². The Labute approximate surface area is 71.1 Å². The van der Waals surface area contributed by atoms with E-state index in [0.29, 0.717) is 0 Å². The van der Waals surface area contributed by atoms with E-state index in [9.17, 15) is 10.1 Å². The van der Waals surface area contributed by atoms with Crippen molar-refractivity contribution in [3.63, 3.8) is 0 Å². The molecule has 0 amide bonds. The Balaban J connectivity index is -0.000000245. The number of nitro groups is 1. The lowest BCUT2D eigenvalue weighted by Gasteiger charge is -2.05. The van der Waals surface area contributed by atoms with Crippen molar-refractivity contribution in [2.75, 3.05) is 0 Å². The number of nitrogens with zero attached hydrogens (tertiary/aromatic N) is 1. The van der Waals surface area contributed by atoms with Crippen molar-refractivity contribution in [2.24, 2.45) is 11.5 Å². The summed E-state index contributed by atoms with van der Waals surface area (Å²) in [6.45, 7) is 1.37. The van der Waals surface area contributed by atoms with E-state index < -0.39 is 17.1 Å². The van der Waals surface area contributed by atoms with E-state index in [1.54, 1.807) is 0 Å². The molecule has 0 rings (SSSR count). The van der Waals surface area contributed by atoms with Gasteiger partial charge in [-0.1, -0.05) is 0 Å². The van der Waals surface area contributed by atoms with Gasteiger partial charge in [0.05, 0.1) is 0 Å². The van der Waals surface area contributed by atoms with Gasteiger partial charge in [-0.3, -0.25) is 10.1 Å². The van der Waals surface area contributed by atoms with Crippen LogP contribution in [0.3, 0.4) is 0 Å². The summed E-state index contributed by atoms with van der Waals surface area (Å²) >= 11 is 0. The molecule has 0 aromatic carbocycles. The predicted molar refractivity (Wildman–Crippen MR) is 43.1 cm³/mol. The molecule has 0 bridgehead atoms. The van der Waals surface area contributed by atoms with Crippen molar-refractivity contribution in [3.05, 3.63) is 10.1 Å². The zero-order chi connectivity index (χ0) is 6.73. The molecule has 0 spiro atoms. The van der Waals surface area contributed by atoms with Crippen LogP contribution in [0.4, 0.5) is 0 Å². The van der Waals surface area contributed by atoms with E-state index in [0.717, 1.165) is 0 Å². The predicted octanol–water partition coefficient (Wildman–Crippen LogP) is -0.261. The maximum atomic E-state index is 9.79. The molecular weight excluding hydrogens is 181 g/mol. The molecule has 0 heterocycles. The van der Waals surface area contributed by atoms with Crippen LogP contribution < -0.4 is 11.5 Å². The van der Waals surface area contributed by atoms with Gasteiger partial charge in [0.1, 0.15) is 6.17 Å². The summed E-state index contributed by atoms with van der Waals surface area (Å²) in [5.41, 5.74) is 9.95. The van der Waals surface area contributed by atoms with Gasteiger partial charge in [-0.15, -0.1) is 24.8 Å². The first-order valence-electron chi connectivity index (χ1n) is 2.20. The Morgan fingerprint density at radius 1 is 1.40 bits per heavy atom. The highest BCUT2D eigenvalue weighted by Crippen LogP contribution is 1.85. The first-order valence-corrected chi connectivity index (χ1v) is 2.20.